The van der Waals surface area contributed by atoms with E-state index in [-0.39, 0.29) is 31.4 Å². The summed E-state index contributed by atoms with van der Waals surface area (Å²) in [6.45, 7) is 20.1. The summed E-state index contributed by atoms with van der Waals surface area (Å²) in [4.78, 5) is 44.8. The maximum Gasteiger partial charge on any atom is 0.303 e. The molecule has 0 fully saturated rings. The highest BCUT2D eigenvalue weighted by molar-refractivity contribution is 5.75. The number of rotatable bonds is 11. The number of aliphatic carboxylic acids is 1. The molecular weight excluding hydrogens is 610 g/mol. The Bertz CT molecular complexity index is 520. The first-order valence-electron chi connectivity index (χ1n) is 15.3. The predicted octanol–water partition coefficient (Wildman–Crippen LogP) is 3.96. The summed E-state index contributed by atoms with van der Waals surface area (Å²) in [6.07, 6.45) is 1.27. The molecule has 47 heavy (non-hydrogen) atoms. The van der Waals surface area contributed by atoms with E-state index in [1.165, 1.54) is 33.5 Å². The van der Waals surface area contributed by atoms with Gasteiger partial charge in [-0.3, -0.25) is 14.4 Å². The Hall–Kier alpha value is -2.20. The lowest BCUT2D eigenvalue weighted by atomic mass is 10.4. The van der Waals surface area contributed by atoms with E-state index >= 15 is 0 Å². The van der Waals surface area contributed by atoms with Gasteiger partial charge in [0.25, 0.3) is 0 Å². The fraction of sp³-hybridized carbons (Fsp3) is 0.879. The number of nitrogens with one attached hydrogen (secondary N) is 1. The first kappa shape index (κ1) is 71.0. The van der Waals surface area contributed by atoms with Crippen LogP contribution in [-0.2, 0) is 38.1 Å². The van der Waals surface area contributed by atoms with E-state index in [0.29, 0.717) is 32.8 Å². The van der Waals surface area contributed by atoms with Gasteiger partial charge in [0.05, 0.1) is 13.2 Å². The molecule has 0 spiro atoms. The molecule has 0 saturated carbocycles. The van der Waals surface area contributed by atoms with Gasteiger partial charge >= 0.3 is 5.97 Å². The Morgan fingerprint density at radius 3 is 0.915 bits per heavy atom. The predicted molar refractivity (Wildman–Crippen MR) is 200 cm³/mol. The zero-order valence-electron chi connectivity index (χ0n) is 33.5. The molecule has 0 radical (unpaired) electrons. The van der Waals surface area contributed by atoms with Gasteiger partial charge in [-0.1, -0.05) is 49.0 Å². The average Bonchev–Trinajstić information content (AvgIpc) is 2.98. The molecule has 0 aliphatic carbocycles. The van der Waals surface area contributed by atoms with Gasteiger partial charge in [-0.2, -0.15) is 0 Å². The first-order chi connectivity index (χ1) is 21.3. The van der Waals surface area contributed by atoms with Crippen molar-refractivity contribution in [1.82, 2.24) is 20.0 Å². The van der Waals surface area contributed by atoms with E-state index in [1.807, 2.05) is 47.1 Å². The fourth-order valence-electron chi connectivity index (χ4n) is 1.27. The third-order valence-corrected chi connectivity index (χ3v) is 3.52. The van der Waals surface area contributed by atoms with Crippen LogP contribution in [0.25, 0.3) is 0 Å². The Morgan fingerprint density at radius 2 is 0.894 bits per heavy atom. The second-order valence-electron chi connectivity index (χ2n) is 9.26. The minimum atomic E-state index is -0.745. The third kappa shape index (κ3) is 217. The monoisotopic (exact) mass is 694 g/mol. The first-order valence-corrected chi connectivity index (χ1v) is 15.3. The smallest absolute Gasteiger partial charge is 0.303 e. The zero-order valence-corrected chi connectivity index (χ0v) is 33.5. The number of carboxylic acids is 1. The van der Waals surface area contributed by atoms with Crippen molar-refractivity contribution < 1.29 is 43.2 Å². The number of ether oxygens (including phenoxy) is 4. The molecule has 0 bridgehead atoms. The maximum atomic E-state index is 10.4. The standard InChI is InChI=1S/C6H15N.C5H11NO.C4H10O2.C3H7NO.C3H9N.C3H8O2.C3H6O2.C3H6O.C2H7N.CH4/c1-4-7(5-2)6-3;1-4-5(7)6(2)3;1-5-3-4-6-2;1-2-3(4)5;1-4(2)3;1-4-3-5-2;1-2-3(4)5;1-3(2)4;1-3-2;/h4-6H2,1-3H3;4H2,1-3H3;3-4H2,1-2H3;2H2,1H3,(H2,4,5);1-3H3;3H2,1-2H3;2H2,1H3,(H,4,5);1-2H3;3H,1-2H3;1H4. The summed E-state index contributed by atoms with van der Waals surface area (Å²) in [6, 6.07) is 0. The van der Waals surface area contributed by atoms with Crippen LogP contribution < -0.4 is 11.1 Å². The fourth-order valence-corrected chi connectivity index (χ4v) is 1.27. The maximum absolute atomic E-state index is 10.4. The van der Waals surface area contributed by atoms with Gasteiger partial charge in [0.1, 0.15) is 12.6 Å². The second kappa shape index (κ2) is 74.6. The molecule has 4 N–H and O–H groups in total. The number of carboxylic acid groups (broad SMARTS) is 1. The Kier molecular flexibility index (Phi) is 113. The minimum Gasteiger partial charge on any atom is -0.481 e. The lowest BCUT2D eigenvalue weighted by molar-refractivity contribution is -0.136. The van der Waals surface area contributed by atoms with E-state index in [2.05, 4.69) is 55.7 Å². The number of primary amides is 1. The van der Waals surface area contributed by atoms with Crippen molar-refractivity contribution in [3.8, 4) is 0 Å². The van der Waals surface area contributed by atoms with Gasteiger partial charge in [-0.15, -0.1) is 0 Å². The zero-order chi connectivity index (χ0) is 38.9. The van der Waals surface area contributed by atoms with Crippen molar-refractivity contribution in [2.24, 2.45) is 5.73 Å². The highest BCUT2D eigenvalue weighted by Gasteiger charge is 1.95. The van der Waals surface area contributed by atoms with Crippen molar-refractivity contribution in [2.45, 2.75) is 82.1 Å². The summed E-state index contributed by atoms with van der Waals surface area (Å²) in [5, 5.41) is 10.5. The number of nitrogens with two attached hydrogens (primary N) is 1. The van der Waals surface area contributed by atoms with Crippen molar-refractivity contribution in [2.75, 3.05) is 117 Å². The van der Waals surface area contributed by atoms with Crippen LogP contribution in [0.15, 0.2) is 0 Å². The van der Waals surface area contributed by atoms with Gasteiger partial charge < -0.3 is 54.6 Å². The van der Waals surface area contributed by atoms with Gasteiger partial charge in [0.2, 0.25) is 11.8 Å². The van der Waals surface area contributed by atoms with Crippen LogP contribution in [0.2, 0.25) is 0 Å². The van der Waals surface area contributed by atoms with E-state index in [9.17, 15) is 19.2 Å². The van der Waals surface area contributed by atoms with Crippen LogP contribution in [-0.4, -0.2) is 161 Å². The topological polar surface area (TPSA) is 173 Å². The van der Waals surface area contributed by atoms with E-state index in [1.54, 1.807) is 61.3 Å². The molecule has 0 aromatic heterocycles. The number of methoxy groups -OCH3 is 4. The molecule has 0 atom stereocenters. The molecule has 14 nitrogen and oxygen atoms in total. The summed E-state index contributed by atoms with van der Waals surface area (Å²) in [5.74, 6) is -0.644. The van der Waals surface area contributed by atoms with E-state index in [4.69, 9.17) is 5.11 Å². The quantitative estimate of drug-likeness (QED) is 0.210. The van der Waals surface area contributed by atoms with Crippen molar-refractivity contribution in [3.63, 3.8) is 0 Å². The van der Waals surface area contributed by atoms with Gasteiger partial charge in [-0.25, -0.2) is 0 Å². The molecule has 0 aromatic carbocycles. The summed E-state index contributed by atoms with van der Waals surface area (Å²) < 4.78 is 18.3. The second-order valence-corrected chi connectivity index (χ2v) is 9.26. The summed E-state index contributed by atoms with van der Waals surface area (Å²) >= 11 is 0. The van der Waals surface area contributed by atoms with Crippen LogP contribution in [0.1, 0.15) is 82.1 Å². The van der Waals surface area contributed by atoms with Crippen molar-refractivity contribution in [1.29, 1.82) is 0 Å². The Labute approximate surface area is 292 Å². The number of amides is 2. The number of nitrogens with zero attached hydrogens (tertiary/aromatic N) is 3. The van der Waals surface area contributed by atoms with Crippen LogP contribution in [0.4, 0.5) is 0 Å². The molecule has 294 valence electrons. The Morgan fingerprint density at radius 1 is 0.660 bits per heavy atom. The lowest BCUT2D eigenvalue weighted by Gasteiger charge is -2.13. The van der Waals surface area contributed by atoms with E-state index in [0.717, 1.165) is 0 Å². The molecule has 0 aliphatic heterocycles. The van der Waals surface area contributed by atoms with Crippen LogP contribution in [0.5, 0.6) is 0 Å². The number of hydrogen-bond donors (Lipinski definition) is 3. The Balaban J connectivity index is -0.0000000413. The molecule has 0 rings (SSSR count). The molecular formula is C33H83N5O9. The summed E-state index contributed by atoms with van der Waals surface area (Å²) in [5.41, 5.74) is 4.65. The van der Waals surface area contributed by atoms with Crippen molar-refractivity contribution >= 4 is 23.6 Å². The molecule has 0 aliphatic rings. The molecule has 0 saturated heterocycles. The largest absolute Gasteiger partial charge is 0.481 e. The average molecular weight is 694 g/mol. The highest BCUT2D eigenvalue weighted by atomic mass is 16.6. The third-order valence-electron chi connectivity index (χ3n) is 3.52. The number of Topliss-reactive ketones (excluding diaryl/α,β-unsaturated/α-hetero) is 1. The minimum absolute atomic E-state index is 0. The lowest BCUT2D eigenvalue weighted by Crippen LogP contribution is -2.21. The summed E-state index contributed by atoms with van der Waals surface area (Å²) in [7, 11) is 19.7. The van der Waals surface area contributed by atoms with Gasteiger partial charge in [0, 0.05) is 61.8 Å². The van der Waals surface area contributed by atoms with Crippen LogP contribution in [0.3, 0.4) is 0 Å². The highest BCUT2D eigenvalue weighted by Crippen LogP contribution is 1.82. The van der Waals surface area contributed by atoms with Crippen LogP contribution in [0, 0.1) is 0 Å². The number of carbonyl (C=O) groups excluding carboxylic acids is 3. The van der Waals surface area contributed by atoms with Gasteiger partial charge in [0.15, 0.2) is 0 Å². The normalized spacial score (nSPS) is 8.11. The van der Waals surface area contributed by atoms with Gasteiger partial charge in [-0.05, 0) is 68.7 Å². The van der Waals surface area contributed by atoms with E-state index < -0.39 is 5.97 Å². The van der Waals surface area contributed by atoms with Crippen molar-refractivity contribution in [3.05, 3.63) is 0 Å². The molecule has 0 aromatic rings. The molecule has 14 heteroatoms. The number of hydrogen-bond acceptors (Lipinski definition) is 11. The number of carbonyl (C=O) groups is 4. The molecule has 2 amide bonds. The molecule has 0 heterocycles. The van der Waals surface area contributed by atoms with Crippen LogP contribution >= 0.6 is 0 Å². The number of ketones is 1. The molecule has 0 unspecified atom stereocenters. The SMILES string of the molecule is C.CC(C)=O.CCC(=O)N(C)C.CCC(=O)O.CCC(N)=O.CCN(CC)CC.CN(C)C.CNC.COCCOC.COCOC.